The summed E-state index contributed by atoms with van der Waals surface area (Å²) in [6.45, 7) is 6.38. The minimum absolute atomic E-state index is 0.152. The Kier molecular flexibility index (Phi) is 4.50. The molecular formula is C24H27N7O. The first-order chi connectivity index (χ1) is 15.6. The molecule has 1 atom stereocenters. The van der Waals surface area contributed by atoms with Gasteiger partial charge in [-0.1, -0.05) is 11.6 Å². The number of nitrogens with zero attached hydrogens (tertiary/aromatic N) is 7. The molecule has 4 aromatic rings. The highest BCUT2D eigenvalue weighted by Crippen LogP contribution is 2.37. The van der Waals surface area contributed by atoms with Crippen LogP contribution in [0.5, 0.6) is 0 Å². The molecule has 0 saturated carbocycles. The molecule has 0 radical (unpaired) electrons. The fraction of sp³-hybridized carbons (Fsp3) is 0.417. The molecule has 3 aromatic heterocycles. The lowest BCUT2D eigenvalue weighted by Gasteiger charge is -2.37. The van der Waals surface area contributed by atoms with E-state index in [0.717, 1.165) is 58.8 Å². The number of aliphatic hydroxyl groups is 1. The van der Waals surface area contributed by atoms with Crippen LogP contribution in [-0.4, -0.2) is 55.4 Å². The third kappa shape index (κ3) is 3.17. The van der Waals surface area contributed by atoms with Crippen molar-refractivity contribution in [3.8, 4) is 0 Å². The predicted octanol–water partition coefficient (Wildman–Crippen LogP) is 3.20. The van der Waals surface area contributed by atoms with Gasteiger partial charge in [-0.05, 0) is 45.2 Å². The summed E-state index contributed by atoms with van der Waals surface area (Å²) in [4.78, 5) is 18.6. The summed E-state index contributed by atoms with van der Waals surface area (Å²) in [7, 11) is 0. The van der Waals surface area contributed by atoms with Crippen molar-refractivity contribution in [2.45, 2.75) is 45.3 Å². The zero-order chi connectivity index (χ0) is 21.8. The van der Waals surface area contributed by atoms with Crippen molar-refractivity contribution in [3.05, 3.63) is 53.6 Å². The van der Waals surface area contributed by atoms with Gasteiger partial charge in [0, 0.05) is 42.8 Å². The van der Waals surface area contributed by atoms with Crippen molar-refractivity contribution in [2.24, 2.45) is 0 Å². The third-order valence-electron chi connectivity index (χ3n) is 6.67. The number of hydrogen-bond donors (Lipinski definition) is 1. The first kappa shape index (κ1) is 19.4. The van der Waals surface area contributed by atoms with E-state index in [4.69, 9.17) is 15.1 Å². The Hall–Kier alpha value is -3.26. The zero-order valence-electron chi connectivity index (χ0n) is 18.4. The summed E-state index contributed by atoms with van der Waals surface area (Å²) in [5.41, 5.74) is 5.11. The number of benzene rings is 1. The van der Waals surface area contributed by atoms with Crippen molar-refractivity contribution < 1.29 is 5.11 Å². The van der Waals surface area contributed by atoms with Gasteiger partial charge in [0.2, 0.25) is 0 Å². The first-order valence-electron chi connectivity index (χ1n) is 11.3. The number of aliphatic hydroxyl groups excluding tert-OH is 1. The molecule has 2 aliphatic rings. The van der Waals surface area contributed by atoms with Crippen molar-refractivity contribution in [1.29, 1.82) is 0 Å². The van der Waals surface area contributed by atoms with Gasteiger partial charge >= 0.3 is 0 Å². The van der Waals surface area contributed by atoms with E-state index in [2.05, 4.69) is 52.9 Å². The van der Waals surface area contributed by atoms with Gasteiger partial charge in [0.05, 0.1) is 23.4 Å². The molecule has 6 rings (SSSR count). The number of fused-ring (bicyclic) bond motifs is 2. The average Bonchev–Trinajstić information content (AvgIpc) is 3.18. The monoisotopic (exact) mass is 429 g/mol. The van der Waals surface area contributed by atoms with Gasteiger partial charge in [0.1, 0.15) is 18.0 Å². The fourth-order valence-corrected chi connectivity index (χ4v) is 5.01. The van der Waals surface area contributed by atoms with Crippen LogP contribution in [0.25, 0.3) is 16.6 Å². The van der Waals surface area contributed by atoms with Crippen LogP contribution in [0.3, 0.4) is 0 Å². The van der Waals surface area contributed by atoms with Crippen LogP contribution in [0, 0.1) is 13.8 Å². The summed E-state index contributed by atoms with van der Waals surface area (Å²) in [5.74, 6) is 1.92. The molecule has 0 bridgehead atoms. The lowest BCUT2D eigenvalue weighted by atomic mass is 9.98. The number of β-amino-alcohol motifs (C(OH)–C–C–N with tert-alkyl or cyclic N) is 1. The van der Waals surface area contributed by atoms with E-state index in [0.29, 0.717) is 13.1 Å². The maximum absolute atomic E-state index is 9.69. The van der Waals surface area contributed by atoms with Crippen LogP contribution < -0.4 is 9.80 Å². The molecule has 5 heterocycles. The van der Waals surface area contributed by atoms with E-state index in [9.17, 15) is 5.11 Å². The smallest absolute Gasteiger partial charge is 0.157 e. The molecule has 1 unspecified atom stereocenters. The quantitative estimate of drug-likeness (QED) is 0.535. The normalized spacial score (nSPS) is 19.7. The van der Waals surface area contributed by atoms with E-state index in [1.165, 1.54) is 12.0 Å². The van der Waals surface area contributed by atoms with Crippen molar-refractivity contribution in [1.82, 2.24) is 24.6 Å². The van der Waals surface area contributed by atoms with Gasteiger partial charge in [-0.15, -0.1) is 0 Å². The summed E-state index contributed by atoms with van der Waals surface area (Å²) in [6.07, 6.45) is 6.80. The maximum atomic E-state index is 9.69. The Morgan fingerprint density at radius 2 is 1.91 bits per heavy atom. The maximum Gasteiger partial charge on any atom is 0.157 e. The Morgan fingerprint density at radius 1 is 1.03 bits per heavy atom. The van der Waals surface area contributed by atoms with Crippen LogP contribution in [0.1, 0.15) is 42.1 Å². The van der Waals surface area contributed by atoms with Crippen LogP contribution in [0.15, 0.2) is 36.8 Å². The molecule has 2 saturated heterocycles. The van der Waals surface area contributed by atoms with E-state index in [1.807, 2.05) is 10.7 Å². The Morgan fingerprint density at radius 3 is 2.75 bits per heavy atom. The minimum Gasteiger partial charge on any atom is -0.389 e. The SMILES string of the molecule is Cc1ccc2ncnc(N3CCCCC3c3cc4nc(N5CC(O)C5)c(C)cn4n3)c2c1. The fourth-order valence-electron chi connectivity index (χ4n) is 5.01. The van der Waals surface area contributed by atoms with Crippen LogP contribution in [0.2, 0.25) is 0 Å². The number of piperidine rings is 1. The molecular weight excluding hydrogens is 402 g/mol. The molecule has 2 aliphatic heterocycles. The van der Waals surface area contributed by atoms with E-state index in [1.54, 1.807) is 6.33 Å². The van der Waals surface area contributed by atoms with E-state index >= 15 is 0 Å². The Balaban J connectivity index is 1.41. The number of hydrogen-bond acceptors (Lipinski definition) is 7. The highest BCUT2D eigenvalue weighted by Gasteiger charge is 2.30. The van der Waals surface area contributed by atoms with Crippen LogP contribution in [0.4, 0.5) is 11.6 Å². The molecule has 8 nitrogen and oxygen atoms in total. The summed E-state index contributed by atoms with van der Waals surface area (Å²) >= 11 is 0. The highest BCUT2D eigenvalue weighted by atomic mass is 16.3. The standard InChI is InChI=1S/C24H27N7O/c1-15-6-7-19-18(9-15)24(26-14-25-19)30-8-4-3-5-21(30)20-10-22-27-23(29-12-17(32)13-29)16(2)11-31(22)28-20/h6-7,9-11,14,17,21,32H,3-5,8,12-13H2,1-2H3. The van der Waals surface area contributed by atoms with Crippen molar-refractivity contribution >= 4 is 28.2 Å². The predicted molar refractivity (Wildman–Crippen MR) is 124 cm³/mol. The zero-order valence-corrected chi connectivity index (χ0v) is 18.4. The molecule has 8 heteroatoms. The minimum atomic E-state index is -0.255. The Labute approximate surface area is 186 Å². The second kappa shape index (κ2) is 7.41. The first-order valence-corrected chi connectivity index (χ1v) is 11.3. The lowest BCUT2D eigenvalue weighted by molar-refractivity contribution is 0.141. The van der Waals surface area contributed by atoms with Gasteiger partial charge in [-0.2, -0.15) is 5.10 Å². The second-order valence-corrected chi connectivity index (χ2v) is 9.10. The molecule has 0 amide bonds. The molecule has 164 valence electrons. The molecule has 0 aliphatic carbocycles. The highest BCUT2D eigenvalue weighted by molar-refractivity contribution is 5.90. The second-order valence-electron chi connectivity index (χ2n) is 9.10. The van der Waals surface area contributed by atoms with Gasteiger partial charge in [0.25, 0.3) is 0 Å². The summed E-state index contributed by atoms with van der Waals surface area (Å²) < 4.78 is 1.89. The largest absolute Gasteiger partial charge is 0.389 e. The van der Waals surface area contributed by atoms with Gasteiger partial charge in [0.15, 0.2) is 5.65 Å². The molecule has 1 N–H and O–H groups in total. The molecule has 0 spiro atoms. The number of anilines is 2. The molecule has 32 heavy (non-hydrogen) atoms. The Bertz CT molecular complexity index is 1310. The molecule has 1 aromatic carbocycles. The number of aryl methyl sites for hydroxylation is 2. The average molecular weight is 430 g/mol. The van der Waals surface area contributed by atoms with E-state index in [-0.39, 0.29) is 12.1 Å². The van der Waals surface area contributed by atoms with Gasteiger partial charge in [-0.25, -0.2) is 19.5 Å². The van der Waals surface area contributed by atoms with Gasteiger partial charge < -0.3 is 14.9 Å². The van der Waals surface area contributed by atoms with Gasteiger partial charge in [-0.3, -0.25) is 0 Å². The van der Waals surface area contributed by atoms with E-state index < -0.39 is 0 Å². The van der Waals surface area contributed by atoms with Crippen LogP contribution in [-0.2, 0) is 0 Å². The third-order valence-corrected chi connectivity index (χ3v) is 6.67. The van der Waals surface area contributed by atoms with Crippen molar-refractivity contribution in [3.63, 3.8) is 0 Å². The summed E-state index contributed by atoms with van der Waals surface area (Å²) in [6, 6.07) is 8.60. The lowest BCUT2D eigenvalue weighted by Crippen LogP contribution is -2.51. The summed E-state index contributed by atoms with van der Waals surface area (Å²) in [5, 5.41) is 15.7. The topological polar surface area (TPSA) is 82.7 Å². The molecule has 2 fully saturated rings. The van der Waals surface area contributed by atoms with Crippen LogP contribution >= 0.6 is 0 Å². The van der Waals surface area contributed by atoms with Crippen molar-refractivity contribution in [2.75, 3.05) is 29.4 Å². The number of aromatic nitrogens is 5. The number of rotatable bonds is 3.